The van der Waals surface area contributed by atoms with Gasteiger partial charge in [0.05, 0.1) is 5.75 Å². The van der Waals surface area contributed by atoms with Crippen LogP contribution in [0.15, 0.2) is 29.2 Å². The van der Waals surface area contributed by atoms with E-state index in [1.807, 2.05) is 24.3 Å². The molecule has 0 aliphatic heterocycles. The first kappa shape index (κ1) is 13.7. The van der Waals surface area contributed by atoms with Crippen molar-refractivity contribution < 1.29 is 0 Å². The number of halogens is 1. The van der Waals surface area contributed by atoms with Gasteiger partial charge in [-0.2, -0.15) is 0 Å². The second-order valence-corrected chi connectivity index (χ2v) is 6.39. The molecule has 1 aromatic carbocycles. The van der Waals surface area contributed by atoms with Gasteiger partial charge in [-0.25, -0.2) is 9.97 Å². The Morgan fingerprint density at radius 1 is 1.10 bits per heavy atom. The van der Waals surface area contributed by atoms with Crippen molar-refractivity contribution in [2.24, 2.45) is 0 Å². The fourth-order valence-electron chi connectivity index (χ4n) is 2.42. The van der Waals surface area contributed by atoms with Gasteiger partial charge in [0.15, 0.2) is 0 Å². The molecule has 1 aliphatic carbocycles. The number of thioether (sulfide) groups is 1. The third-order valence-corrected chi connectivity index (χ3v) is 4.70. The van der Waals surface area contributed by atoms with Crippen molar-refractivity contribution in [1.82, 2.24) is 9.97 Å². The molecule has 2 N–H and O–H groups in total. The molecule has 0 fully saturated rings. The van der Waals surface area contributed by atoms with Crippen LogP contribution in [0.5, 0.6) is 0 Å². The maximum atomic E-state index is 6.05. The van der Waals surface area contributed by atoms with Crippen LogP contribution in [-0.2, 0) is 18.6 Å². The SMILES string of the molecule is Nc1nc(CSc2ccc(Cl)cc2)nc2c1CCCC2. The normalized spacial score (nSPS) is 14.1. The van der Waals surface area contributed by atoms with Gasteiger partial charge in [0.2, 0.25) is 0 Å². The third-order valence-electron chi connectivity index (χ3n) is 3.44. The predicted molar refractivity (Wildman–Crippen MR) is 84.1 cm³/mol. The van der Waals surface area contributed by atoms with Crippen molar-refractivity contribution >= 4 is 29.2 Å². The molecule has 0 amide bonds. The van der Waals surface area contributed by atoms with Crippen LogP contribution in [0.25, 0.3) is 0 Å². The van der Waals surface area contributed by atoms with E-state index in [1.54, 1.807) is 11.8 Å². The zero-order valence-corrected chi connectivity index (χ0v) is 12.7. The molecule has 0 saturated heterocycles. The van der Waals surface area contributed by atoms with Crippen LogP contribution in [0.3, 0.4) is 0 Å². The Hall–Kier alpha value is -1.26. The minimum atomic E-state index is 0.668. The summed E-state index contributed by atoms with van der Waals surface area (Å²) >= 11 is 7.58. The molecular weight excluding hydrogens is 290 g/mol. The number of nitrogens with two attached hydrogens (primary N) is 1. The Morgan fingerprint density at radius 2 is 1.85 bits per heavy atom. The van der Waals surface area contributed by atoms with Gasteiger partial charge in [-0.3, -0.25) is 0 Å². The first-order valence-electron chi connectivity index (χ1n) is 6.75. The van der Waals surface area contributed by atoms with Crippen LogP contribution in [0.4, 0.5) is 5.82 Å². The molecule has 1 aliphatic rings. The molecule has 20 heavy (non-hydrogen) atoms. The number of hydrogen-bond acceptors (Lipinski definition) is 4. The number of hydrogen-bond donors (Lipinski definition) is 1. The van der Waals surface area contributed by atoms with Crippen LogP contribution in [0.1, 0.15) is 29.9 Å². The number of nitrogen functional groups attached to an aromatic ring is 1. The quantitative estimate of drug-likeness (QED) is 0.874. The van der Waals surface area contributed by atoms with Crippen LogP contribution in [0, 0.1) is 0 Å². The summed E-state index contributed by atoms with van der Waals surface area (Å²) in [6, 6.07) is 7.81. The van der Waals surface area contributed by atoms with Gasteiger partial charge in [-0.15, -0.1) is 11.8 Å². The summed E-state index contributed by atoms with van der Waals surface area (Å²) in [6.07, 6.45) is 4.44. The van der Waals surface area contributed by atoms with Gasteiger partial charge in [0.1, 0.15) is 11.6 Å². The summed E-state index contributed by atoms with van der Waals surface area (Å²) in [7, 11) is 0. The molecule has 0 bridgehead atoms. The Balaban J connectivity index is 1.74. The Bertz CT molecular complexity index is 613. The molecule has 3 rings (SSSR count). The second kappa shape index (κ2) is 6.02. The summed E-state index contributed by atoms with van der Waals surface area (Å²) in [5.41, 5.74) is 8.37. The number of aryl methyl sites for hydroxylation is 1. The highest BCUT2D eigenvalue weighted by molar-refractivity contribution is 7.98. The van der Waals surface area contributed by atoms with Crippen LogP contribution < -0.4 is 5.73 Å². The number of benzene rings is 1. The van der Waals surface area contributed by atoms with Crippen molar-refractivity contribution in [2.45, 2.75) is 36.3 Å². The van der Waals surface area contributed by atoms with Crippen molar-refractivity contribution in [3.05, 3.63) is 46.4 Å². The third kappa shape index (κ3) is 3.07. The lowest BCUT2D eigenvalue weighted by atomic mass is 9.96. The molecule has 104 valence electrons. The maximum Gasteiger partial charge on any atom is 0.141 e. The fraction of sp³-hybridized carbons (Fsp3) is 0.333. The molecule has 1 heterocycles. The number of nitrogens with zero attached hydrogens (tertiary/aromatic N) is 2. The van der Waals surface area contributed by atoms with Crippen molar-refractivity contribution in [3.8, 4) is 0 Å². The van der Waals surface area contributed by atoms with Crippen LogP contribution in [0.2, 0.25) is 5.02 Å². The fourth-order valence-corrected chi connectivity index (χ4v) is 3.30. The summed E-state index contributed by atoms with van der Waals surface area (Å²) < 4.78 is 0. The summed E-state index contributed by atoms with van der Waals surface area (Å²) in [4.78, 5) is 10.3. The highest BCUT2D eigenvalue weighted by atomic mass is 35.5. The van der Waals surface area contributed by atoms with Gasteiger partial charge >= 0.3 is 0 Å². The molecular formula is C15H16ClN3S. The van der Waals surface area contributed by atoms with E-state index >= 15 is 0 Å². The molecule has 0 spiro atoms. The zero-order chi connectivity index (χ0) is 13.9. The molecule has 0 radical (unpaired) electrons. The molecule has 5 heteroatoms. The number of anilines is 1. The van der Waals surface area contributed by atoms with Gasteiger partial charge in [0.25, 0.3) is 0 Å². The van der Waals surface area contributed by atoms with Gasteiger partial charge in [-0.05, 0) is 49.9 Å². The van der Waals surface area contributed by atoms with Crippen LogP contribution in [-0.4, -0.2) is 9.97 Å². The Morgan fingerprint density at radius 3 is 2.65 bits per heavy atom. The minimum Gasteiger partial charge on any atom is -0.383 e. The number of fused-ring (bicyclic) bond motifs is 1. The highest BCUT2D eigenvalue weighted by Crippen LogP contribution is 2.27. The Labute approximate surface area is 128 Å². The lowest BCUT2D eigenvalue weighted by Crippen LogP contribution is -2.12. The molecule has 3 nitrogen and oxygen atoms in total. The summed E-state index contributed by atoms with van der Waals surface area (Å²) in [5.74, 6) is 2.23. The lowest BCUT2D eigenvalue weighted by Gasteiger charge is -2.17. The van der Waals surface area contributed by atoms with E-state index in [1.165, 1.54) is 12.8 Å². The standard InChI is InChI=1S/C15H16ClN3S/c16-10-5-7-11(8-6-10)20-9-14-18-13-4-2-1-3-12(13)15(17)19-14/h5-8H,1-4,9H2,(H2,17,18,19). The van der Waals surface area contributed by atoms with Crippen molar-refractivity contribution in [1.29, 1.82) is 0 Å². The average molecular weight is 306 g/mol. The van der Waals surface area contributed by atoms with Crippen LogP contribution >= 0.6 is 23.4 Å². The summed E-state index contributed by atoms with van der Waals surface area (Å²) in [6.45, 7) is 0. The van der Waals surface area contributed by atoms with E-state index in [0.29, 0.717) is 5.82 Å². The maximum absolute atomic E-state index is 6.05. The molecule has 1 aromatic heterocycles. The highest BCUT2D eigenvalue weighted by Gasteiger charge is 2.16. The van der Waals surface area contributed by atoms with Gasteiger partial charge in [0, 0.05) is 21.2 Å². The van der Waals surface area contributed by atoms with E-state index in [-0.39, 0.29) is 0 Å². The predicted octanol–water partition coefficient (Wildman–Crippen LogP) is 3.88. The van der Waals surface area contributed by atoms with Crippen molar-refractivity contribution in [2.75, 3.05) is 5.73 Å². The van der Waals surface area contributed by atoms with E-state index in [9.17, 15) is 0 Å². The topological polar surface area (TPSA) is 51.8 Å². The van der Waals surface area contributed by atoms with Gasteiger partial charge in [-0.1, -0.05) is 11.6 Å². The van der Waals surface area contributed by atoms with E-state index in [0.717, 1.165) is 45.6 Å². The molecule has 0 atom stereocenters. The second-order valence-electron chi connectivity index (χ2n) is 4.90. The first-order valence-corrected chi connectivity index (χ1v) is 8.11. The van der Waals surface area contributed by atoms with E-state index in [2.05, 4.69) is 9.97 Å². The first-order chi connectivity index (χ1) is 9.72. The minimum absolute atomic E-state index is 0.668. The van der Waals surface area contributed by atoms with Crippen molar-refractivity contribution in [3.63, 3.8) is 0 Å². The van der Waals surface area contributed by atoms with E-state index in [4.69, 9.17) is 17.3 Å². The Kier molecular flexibility index (Phi) is 4.13. The van der Waals surface area contributed by atoms with E-state index < -0.39 is 0 Å². The molecule has 0 saturated carbocycles. The summed E-state index contributed by atoms with van der Waals surface area (Å²) in [5, 5.41) is 0.753. The largest absolute Gasteiger partial charge is 0.383 e. The lowest BCUT2D eigenvalue weighted by molar-refractivity contribution is 0.660. The van der Waals surface area contributed by atoms with Gasteiger partial charge < -0.3 is 5.73 Å². The number of rotatable bonds is 3. The molecule has 2 aromatic rings. The number of aromatic nitrogens is 2. The zero-order valence-electron chi connectivity index (χ0n) is 11.1. The molecule has 0 unspecified atom stereocenters. The smallest absolute Gasteiger partial charge is 0.141 e. The average Bonchev–Trinajstić information content (AvgIpc) is 2.47. The monoisotopic (exact) mass is 305 g/mol.